The Kier molecular flexibility index (Phi) is 10.1. The highest BCUT2D eigenvalue weighted by atomic mass is 32.2. The Morgan fingerprint density at radius 3 is 2.40 bits per heavy atom. The van der Waals surface area contributed by atoms with Crippen molar-refractivity contribution in [2.24, 2.45) is 0 Å². The molecule has 0 fully saturated rings. The second kappa shape index (κ2) is 14.1. The molecule has 3 aromatic carbocycles. The summed E-state index contributed by atoms with van der Waals surface area (Å²) in [6, 6.07) is 23.1. The van der Waals surface area contributed by atoms with Gasteiger partial charge in [-0.3, -0.25) is 14.4 Å². The summed E-state index contributed by atoms with van der Waals surface area (Å²) in [5.74, 6) is -0.452. The van der Waals surface area contributed by atoms with Gasteiger partial charge in [-0.25, -0.2) is 4.98 Å². The molecule has 1 heterocycles. The second-order valence-electron chi connectivity index (χ2n) is 8.41. The van der Waals surface area contributed by atoms with Crippen LogP contribution in [0.1, 0.15) is 29.8 Å². The number of aromatic nitrogens is 1. The molecule has 0 aliphatic heterocycles. The standard InChI is InChI=1S/C30H28N4O4S2/c1-3-38-26-12-8-7-11-22(26)19-25(33-28(36)21-9-5-4-6-10-21)29(37)32-23-13-15-24(16-14-23)40-20(2)27(35)34-30-31-17-18-39-30/h4-20H,3H2,1-2H3,(H,32,37)(H,33,36)(H,31,34,35)/b25-19-. The fourth-order valence-corrected chi connectivity index (χ4v) is 4.95. The average Bonchev–Trinajstić information content (AvgIpc) is 3.48. The Labute approximate surface area is 240 Å². The van der Waals surface area contributed by atoms with Gasteiger partial charge in [0.25, 0.3) is 11.8 Å². The van der Waals surface area contributed by atoms with Gasteiger partial charge in [0.2, 0.25) is 5.91 Å². The summed E-state index contributed by atoms with van der Waals surface area (Å²) in [4.78, 5) is 43.6. The normalized spacial score (nSPS) is 11.8. The zero-order chi connectivity index (χ0) is 28.3. The Balaban J connectivity index is 1.48. The number of hydrogen-bond donors (Lipinski definition) is 3. The van der Waals surface area contributed by atoms with Crippen molar-refractivity contribution in [2.45, 2.75) is 24.0 Å². The first-order valence-corrected chi connectivity index (χ1v) is 14.3. The van der Waals surface area contributed by atoms with Gasteiger partial charge in [0, 0.05) is 33.3 Å². The molecule has 3 amide bonds. The Morgan fingerprint density at radius 2 is 1.70 bits per heavy atom. The van der Waals surface area contributed by atoms with Crippen molar-refractivity contribution >= 4 is 57.7 Å². The minimum atomic E-state index is -0.493. The van der Waals surface area contributed by atoms with Crippen LogP contribution in [-0.2, 0) is 9.59 Å². The van der Waals surface area contributed by atoms with E-state index in [1.165, 1.54) is 23.1 Å². The maximum atomic E-state index is 13.4. The molecule has 0 radical (unpaired) electrons. The van der Waals surface area contributed by atoms with Crippen LogP contribution in [0.25, 0.3) is 6.08 Å². The number of benzene rings is 3. The smallest absolute Gasteiger partial charge is 0.272 e. The minimum Gasteiger partial charge on any atom is -0.493 e. The van der Waals surface area contributed by atoms with Gasteiger partial charge in [0.15, 0.2) is 5.13 Å². The van der Waals surface area contributed by atoms with E-state index in [0.29, 0.717) is 34.3 Å². The van der Waals surface area contributed by atoms with Crippen molar-refractivity contribution in [3.63, 3.8) is 0 Å². The number of thiazole rings is 1. The van der Waals surface area contributed by atoms with E-state index in [0.717, 1.165) is 4.90 Å². The van der Waals surface area contributed by atoms with Gasteiger partial charge in [-0.1, -0.05) is 36.4 Å². The van der Waals surface area contributed by atoms with Gasteiger partial charge >= 0.3 is 0 Å². The third kappa shape index (κ3) is 8.05. The van der Waals surface area contributed by atoms with E-state index in [1.807, 2.05) is 50.2 Å². The van der Waals surface area contributed by atoms with Crippen LogP contribution in [0.5, 0.6) is 5.75 Å². The van der Waals surface area contributed by atoms with Crippen LogP contribution < -0.4 is 20.7 Å². The summed E-state index contributed by atoms with van der Waals surface area (Å²) in [5, 5.41) is 10.4. The van der Waals surface area contributed by atoms with Crippen LogP contribution in [0.3, 0.4) is 0 Å². The number of nitrogens with zero attached hydrogens (tertiary/aromatic N) is 1. The van der Waals surface area contributed by atoms with Crippen molar-refractivity contribution in [3.05, 3.63) is 107 Å². The van der Waals surface area contributed by atoms with E-state index < -0.39 is 11.8 Å². The zero-order valence-electron chi connectivity index (χ0n) is 21.9. The van der Waals surface area contributed by atoms with Crippen molar-refractivity contribution in [2.75, 3.05) is 17.2 Å². The molecule has 0 aliphatic rings. The number of para-hydroxylation sites is 1. The molecular weight excluding hydrogens is 544 g/mol. The number of thioether (sulfide) groups is 1. The summed E-state index contributed by atoms with van der Waals surface area (Å²) in [6.45, 7) is 4.15. The van der Waals surface area contributed by atoms with Gasteiger partial charge in [0.05, 0.1) is 11.9 Å². The summed E-state index contributed by atoms with van der Waals surface area (Å²) >= 11 is 2.75. The van der Waals surface area contributed by atoms with Crippen molar-refractivity contribution in [1.29, 1.82) is 0 Å². The van der Waals surface area contributed by atoms with Crippen LogP contribution in [0.15, 0.2) is 101 Å². The molecule has 0 spiro atoms. The lowest BCUT2D eigenvalue weighted by Gasteiger charge is -2.14. The number of carbonyl (C=O) groups excluding carboxylic acids is 3. The largest absolute Gasteiger partial charge is 0.493 e. The molecule has 4 aromatic rings. The van der Waals surface area contributed by atoms with Crippen molar-refractivity contribution in [1.82, 2.24) is 10.3 Å². The first-order valence-electron chi connectivity index (χ1n) is 12.5. The van der Waals surface area contributed by atoms with Gasteiger partial charge < -0.3 is 20.7 Å². The van der Waals surface area contributed by atoms with Crippen molar-refractivity contribution < 1.29 is 19.1 Å². The Bertz CT molecular complexity index is 1470. The Hall–Kier alpha value is -4.41. The van der Waals surface area contributed by atoms with Gasteiger partial charge in [-0.15, -0.1) is 23.1 Å². The molecule has 0 bridgehead atoms. The highest BCUT2D eigenvalue weighted by Gasteiger charge is 2.18. The number of rotatable bonds is 11. The fourth-order valence-electron chi connectivity index (χ4n) is 3.55. The van der Waals surface area contributed by atoms with E-state index in [4.69, 9.17) is 4.74 Å². The number of ether oxygens (including phenoxy) is 1. The number of hydrogen-bond acceptors (Lipinski definition) is 7. The fraction of sp³-hybridized carbons (Fsp3) is 0.133. The summed E-state index contributed by atoms with van der Waals surface area (Å²) in [7, 11) is 0. The number of carbonyl (C=O) groups is 3. The highest BCUT2D eigenvalue weighted by Crippen LogP contribution is 2.26. The summed E-state index contributed by atoms with van der Waals surface area (Å²) in [6.07, 6.45) is 3.23. The zero-order valence-corrected chi connectivity index (χ0v) is 23.6. The van der Waals surface area contributed by atoms with E-state index in [-0.39, 0.29) is 16.9 Å². The molecule has 10 heteroatoms. The molecule has 0 aliphatic carbocycles. The molecule has 8 nitrogen and oxygen atoms in total. The minimum absolute atomic E-state index is 0.0620. The molecular formula is C30H28N4O4S2. The molecule has 1 atom stereocenters. The van der Waals surface area contributed by atoms with E-state index in [1.54, 1.807) is 60.1 Å². The third-order valence-electron chi connectivity index (χ3n) is 5.50. The maximum Gasteiger partial charge on any atom is 0.272 e. The topological polar surface area (TPSA) is 109 Å². The number of nitrogens with one attached hydrogen (secondary N) is 3. The van der Waals surface area contributed by atoms with E-state index >= 15 is 0 Å². The van der Waals surface area contributed by atoms with Gasteiger partial charge in [0.1, 0.15) is 11.4 Å². The molecule has 40 heavy (non-hydrogen) atoms. The number of amides is 3. The molecule has 4 rings (SSSR count). The monoisotopic (exact) mass is 572 g/mol. The second-order valence-corrected chi connectivity index (χ2v) is 10.7. The predicted octanol–water partition coefficient (Wildman–Crippen LogP) is 6.07. The lowest BCUT2D eigenvalue weighted by Crippen LogP contribution is -2.30. The molecule has 1 aromatic heterocycles. The molecule has 1 unspecified atom stereocenters. The molecule has 204 valence electrons. The van der Waals surface area contributed by atoms with Crippen LogP contribution in [-0.4, -0.2) is 34.6 Å². The lowest BCUT2D eigenvalue weighted by molar-refractivity contribution is -0.115. The predicted molar refractivity (Wildman–Crippen MR) is 161 cm³/mol. The van der Waals surface area contributed by atoms with Crippen molar-refractivity contribution in [3.8, 4) is 5.75 Å². The van der Waals surface area contributed by atoms with Crippen LogP contribution in [0.2, 0.25) is 0 Å². The number of anilines is 2. The van der Waals surface area contributed by atoms with Crippen LogP contribution in [0.4, 0.5) is 10.8 Å². The first kappa shape index (κ1) is 28.6. The van der Waals surface area contributed by atoms with E-state index in [2.05, 4.69) is 20.9 Å². The quantitative estimate of drug-likeness (QED) is 0.149. The summed E-state index contributed by atoms with van der Waals surface area (Å²) < 4.78 is 5.69. The first-order chi connectivity index (χ1) is 19.4. The lowest BCUT2D eigenvalue weighted by atomic mass is 10.1. The highest BCUT2D eigenvalue weighted by molar-refractivity contribution is 8.00. The Morgan fingerprint density at radius 1 is 0.975 bits per heavy atom. The maximum absolute atomic E-state index is 13.4. The average molecular weight is 573 g/mol. The molecule has 0 saturated heterocycles. The van der Waals surface area contributed by atoms with E-state index in [9.17, 15) is 14.4 Å². The van der Waals surface area contributed by atoms with Gasteiger partial charge in [-0.2, -0.15) is 0 Å². The molecule has 3 N–H and O–H groups in total. The SMILES string of the molecule is CCOc1ccccc1/C=C(\NC(=O)c1ccccc1)C(=O)Nc1ccc(SC(C)C(=O)Nc2nccs2)cc1. The third-order valence-corrected chi connectivity index (χ3v) is 7.30. The van der Waals surface area contributed by atoms with Gasteiger partial charge in [-0.05, 0) is 62.4 Å². The molecule has 0 saturated carbocycles. The summed E-state index contributed by atoms with van der Waals surface area (Å²) in [5.41, 5.74) is 1.67. The van der Waals surface area contributed by atoms with Crippen LogP contribution >= 0.6 is 23.1 Å². The van der Waals surface area contributed by atoms with Crippen LogP contribution in [0, 0.1) is 0 Å².